The molecule has 0 fully saturated rings. The molecule has 6 nitrogen and oxygen atoms in total. The van der Waals surface area contributed by atoms with E-state index in [9.17, 15) is 19.8 Å². The number of aliphatic hydroxyl groups is 2. The number of unbranched alkanes of at least 4 members (excludes halogenated alkanes) is 39. The van der Waals surface area contributed by atoms with Gasteiger partial charge in [-0.25, -0.2) is 0 Å². The van der Waals surface area contributed by atoms with E-state index in [1.54, 1.807) is 0 Å². The van der Waals surface area contributed by atoms with E-state index in [0.717, 1.165) is 77.0 Å². The monoisotopic (exact) mass is 876 g/mol. The van der Waals surface area contributed by atoms with Gasteiger partial charge in [0.25, 0.3) is 0 Å². The minimum atomic E-state index is -0.679. The summed E-state index contributed by atoms with van der Waals surface area (Å²) in [5.74, 6) is -0.0766. The highest BCUT2D eigenvalue weighted by atomic mass is 16.5. The van der Waals surface area contributed by atoms with E-state index in [2.05, 4.69) is 31.3 Å². The second-order valence-electron chi connectivity index (χ2n) is 19.3. The van der Waals surface area contributed by atoms with Gasteiger partial charge in [0.15, 0.2) is 0 Å². The highest BCUT2D eigenvalue weighted by molar-refractivity contribution is 5.76. The number of ether oxygens (including phenoxy) is 1. The first-order valence-corrected chi connectivity index (χ1v) is 27.9. The molecule has 0 heterocycles. The van der Waals surface area contributed by atoms with Gasteiger partial charge in [-0.15, -0.1) is 0 Å². The molecule has 0 bridgehead atoms. The SMILES string of the molecule is CCCCCCCCCCCCCCCCCCCC(=O)OCCCCC/C=C\CCCCCCCC(=O)NC(CO)C(O)CCCCCCCCCCCCCCCCCC. The molecule has 2 unspecified atom stereocenters. The summed E-state index contributed by atoms with van der Waals surface area (Å²) in [6.07, 6.45) is 60.5. The second kappa shape index (κ2) is 52.2. The third-order valence-electron chi connectivity index (χ3n) is 13.1. The molecular weight excluding hydrogens is 767 g/mol. The van der Waals surface area contributed by atoms with Gasteiger partial charge in [-0.1, -0.05) is 251 Å². The molecule has 0 aromatic carbocycles. The van der Waals surface area contributed by atoms with E-state index in [4.69, 9.17) is 4.74 Å². The molecule has 1 amide bonds. The van der Waals surface area contributed by atoms with Crippen LogP contribution in [-0.2, 0) is 14.3 Å². The van der Waals surface area contributed by atoms with Crippen LogP contribution in [-0.4, -0.2) is 47.4 Å². The van der Waals surface area contributed by atoms with Crippen molar-refractivity contribution in [2.45, 2.75) is 321 Å². The van der Waals surface area contributed by atoms with Crippen molar-refractivity contribution in [3.05, 3.63) is 12.2 Å². The lowest BCUT2D eigenvalue weighted by Crippen LogP contribution is -2.45. The number of carbonyl (C=O) groups is 2. The van der Waals surface area contributed by atoms with Crippen LogP contribution < -0.4 is 5.32 Å². The Kier molecular flexibility index (Phi) is 51.0. The Labute approximate surface area is 387 Å². The fraction of sp³-hybridized carbons (Fsp3) is 0.929. The Morgan fingerprint density at radius 3 is 1.15 bits per heavy atom. The summed E-state index contributed by atoms with van der Waals surface area (Å²) in [5.41, 5.74) is 0. The van der Waals surface area contributed by atoms with Crippen LogP contribution in [0.25, 0.3) is 0 Å². The molecule has 0 spiro atoms. The quantitative estimate of drug-likeness (QED) is 0.0321. The molecule has 0 rings (SSSR count). The summed E-state index contributed by atoms with van der Waals surface area (Å²) < 4.78 is 5.46. The van der Waals surface area contributed by atoms with Gasteiger partial charge in [0, 0.05) is 12.8 Å². The molecule has 6 heteroatoms. The molecule has 0 radical (unpaired) electrons. The number of rotatable bonds is 52. The number of aliphatic hydroxyl groups excluding tert-OH is 2. The summed E-state index contributed by atoms with van der Waals surface area (Å²) in [6, 6.07) is -0.559. The van der Waals surface area contributed by atoms with Gasteiger partial charge in [0.05, 0.1) is 25.4 Å². The lowest BCUT2D eigenvalue weighted by molar-refractivity contribution is -0.143. The van der Waals surface area contributed by atoms with E-state index in [1.165, 1.54) is 199 Å². The Morgan fingerprint density at radius 2 is 0.758 bits per heavy atom. The average Bonchev–Trinajstić information content (AvgIpc) is 3.27. The van der Waals surface area contributed by atoms with Gasteiger partial charge in [-0.3, -0.25) is 9.59 Å². The summed E-state index contributed by atoms with van der Waals surface area (Å²) in [6.45, 7) is 4.91. The topological polar surface area (TPSA) is 95.9 Å². The molecule has 0 saturated heterocycles. The maximum Gasteiger partial charge on any atom is 0.305 e. The van der Waals surface area contributed by atoms with Crippen molar-refractivity contribution in [3.63, 3.8) is 0 Å². The Bertz CT molecular complexity index is 924. The van der Waals surface area contributed by atoms with Gasteiger partial charge in [0.2, 0.25) is 5.91 Å². The summed E-state index contributed by atoms with van der Waals surface area (Å²) in [5, 5.41) is 23.2. The van der Waals surface area contributed by atoms with Gasteiger partial charge in [0.1, 0.15) is 0 Å². The molecule has 0 aromatic rings. The Balaban J connectivity index is 3.47. The van der Waals surface area contributed by atoms with E-state index < -0.39 is 12.1 Å². The first-order chi connectivity index (χ1) is 30.5. The van der Waals surface area contributed by atoms with Crippen LogP contribution >= 0.6 is 0 Å². The van der Waals surface area contributed by atoms with Crippen molar-refractivity contribution in [2.75, 3.05) is 13.2 Å². The predicted molar refractivity (Wildman–Crippen MR) is 269 cm³/mol. The second-order valence-corrected chi connectivity index (χ2v) is 19.3. The standard InChI is InChI=1S/C56H109NO5/c1-3-5-7-9-11-13-15-17-19-21-23-25-30-34-38-42-46-50-56(61)62-51-47-43-39-35-31-27-26-29-33-37-41-45-49-55(60)57-53(52-58)54(59)48-44-40-36-32-28-24-22-20-18-16-14-12-10-8-6-4-2/h27,31,53-54,58-59H,3-26,28-30,32-52H2,1-2H3,(H,57,60)/b31-27-. The molecular formula is C56H109NO5. The lowest BCUT2D eigenvalue weighted by Gasteiger charge is -2.22. The van der Waals surface area contributed by atoms with Gasteiger partial charge < -0.3 is 20.3 Å². The highest BCUT2D eigenvalue weighted by Gasteiger charge is 2.20. The van der Waals surface area contributed by atoms with Crippen molar-refractivity contribution >= 4 is 11.9 Å². The lowest BCUT2D eigenvalue weighted by atomic mass is 10.0. The minimum Gasteiger partial charge on any atom is -0.466 e. The van der Waals surface area contributed by atoms with Crippen molar-refractivity contribution in [1.29, 1.82) is 0 Å². The van der Waals surface area contributed by atoms with Crippen molar-refractivity contribution in [1.82, 2.24) is 5.32 Å². The smallest absolute Gasteiger partial charge is 0.305 e. The van der Waals surface area contributed by atoms with Crippen LogP contribution in [0.4, 0.5) is 0 Å². The zero-order chi connectivity index (χ0) is 45.1. The van der Waals surface area contributed by atoms with E-state index in [1.807, 2.05) is 0 Å². The average molecular weight is 876 g/mol. The van der Waals surface area contributed by atoms with Crippen LogP contribution in [0.2, 0.25) is 0 Å². The number of hydrogen-bond donors (Lipinski definition) is 3. The fourth-order valence-corrected chi connectivity index (χ4v) is 8.75. The fourth-order valence-electron chi connectivity index (χ4n) is 8.75. The van der Waals surface area contributed by atoms with Crippen molar-refractivity contribution in [2.24, 2.45) is 0 Å². The molecule has 0 aliphatic rings. The van der Waals surface area contributed by atoms with Gasteiger partial charge in [-0.05, 0) is 57.8 Å². The van der Waals surface area contributed by atoms with Crippen LogP contribution in [0.15, 0.2) is 12.2 Å². The number of esters is 1. The minimum absolute atomic E-state index is 0.0182. The maximum atomic E-state index is 12.5. The first kappa shape index (κ1) is 60.6. The number of amides is 1. The summed E-state index contributed by atoms with van der Waals surface area (Å²) in [7, 11) is 0. The normalized spacial score (nSPS) is 12.6. The number of allylic oxidation sites excluding steroid dienone is 2. The van der Waals surface area contributed by atoms with Gasteiger partial charge in [-0.2, -0.15) is 0 Å². The zero-order valence-electron chi connectivity index (χ0n) is 41.9. The van der Waals surface area contributed by atoms with Crippen molar-refractivity contribution in [3.8, 4) is 0 Å². The molecule has 368 valence electrons. The van der Waals surface area contributed by atoms with E-state index >= 15 is 0 Å². The van der Waals surface area contributed by atoms with Crippen LogP contribution in [0, 0.1) is 0 Å². The number of carbonyl (C=O) groups excluding carboxylic acids is 2. The summed E-state index contributed by atoms with van der Waals surface area (Å²) in [4.78, 5) is 24.5. The molecule has 3 N–H and O–H groups in total. The Hall–Kier alpha value is -1.40. The number of hydrogen-bond acceptors (Lipinski definition) is 5. The van der Waals surface area contributed by atoms with E-state index in [0.29, 0.717) is 25.9 Å². The molecule has 0 saturated carbocycles. The zero-order valence-corrected chi connectivity index (χ0v) is 41.9. The predicted octanol–water partition coefficient (Wildman–Crippen LogP) is 16.9. The molecule has 2 atom stereocenters. The molecule has 0 aromatic heterocycles. The number of nitrogens with one attached hydrogen (secondary N) is 1. The maximum absolute atomic E-state index is 12.5. The van der Waals surface area contributed by atoms with Crippen molar-refractivity contribution < 1.29 is 24.5 Å². The largest absolute Gasteiger partial charge is 0.466 e. The van der Waals surface area contributed by atoms with Gasteiger partial charge >= 0.3 is 5.97 Å². The molecule has 62 heavy (non-hydrogen) atoms. The third kappa shape index (κ3) is 48.1. The molecule has 0 aliphatic carbocycles. The van der Waals surface area contributed by atoms with Crippen LogP contribution in [0.1, 0.15) is 309 Å². The highest BCUT2D eigenvalue weighted by Crippen LogP contribution is 2.17. The Morgan fingerprint density at radius 1 is 0.435 bits per heavy atom. The molecule has 0 aliphatic heterocycles. The van der Waals surface area contributed by atoms with Crippen LogP contribution in [0.5, 0.6) is 0 Å². The third-order valence-corrected chi connectivity index (χ3v) is 13.1. The summed E-state index contributed by atoms with van der Waals surface area (Å²) >= 11 is 0. The van der Waals surface area contributed by atoms with Crippen LogP contribution in [0.3, 0.4) is 0 Å². The van der Waals surface area contributed by atoms with E-state index in [-0.39, 0.29) is 18.5 Å². The first-order valence-electron chi connectivity index (χ1n) is 27.9.